The second kappa shape index (κ2) is 6.80. The Balaban J connectivity index is 2.00. The van der Waals surface area contributed by atoms with E-state index in [1.807, 2.05) is 20.8 Å². The highest BCUT2D eigenvalue weighted by Crippen LogP contribution is 2.27. The van der Waals surface area contributed by atoms with Gasteiger partial charge in [-0.05, 0) is 45.6 Å². The van der Waals surface area contributed by atoms with E-state index in [9.17, 15) is 4.79 Å². The van der Waals surface area contributed by atoms with Crippen LogP contribution in [0, 0.1) is 6.92 Å². The molecule has 2 rings (SSSR count). The lowest BCUT2D eigenvalue weighted by Crippen LogP contribution is -2.48. The monoisotopic (exact) mass is 304 g/mol. The second-order valence-corrected chi connectivity index (χ2v) is 7.39. The molecule has 1 fully saturated rings. The van der Waals surface area contributed by atoms with E-state index in [-0.39, 0.29) is 12.0 Å². The van der Waals surface area contributed by atoms with Gasteiger partial charge < -0.3 is 10.5 Å². The Morgan fingerprint density at radius 2 is 2.09 bits per heavy atom. The molecule has 0 bridgehead atoms. The van der Waals surface area contributed by atoms with E-state index < -0.39 is 5.60 Å². The highest BCUT2D eigenvalue weighted by Gasteiger charge is 2.28. The summed E-state index contributed by atoms with van der Waals surface area (Å²) in [4.78, 5) is 14.1. The van der Waals surface area contributed by atoms with Crippen LogP contribution in [0.3, 0.4) is 0 Å². The van der Waals surface area contributed by atoms with Gasteiger partial charge in [-0.2, -0.15) is 0 Å². The maximum Gasteiger partial charge on any atom is 0.320 e. The minimum absolute atomic E-state index is 0.0988. The number of esters is 1. The first-order valence-electron chi connectivity index (χ1n) is 7.99. The number of hydrogen-bond acceptors (Lipinski definition) is 4. The van der Waals surface area contributed by atoms with Crippen LogP contribution in [0.15, 0.2) is 24.3 Å². The van der Waals surface area contributed by atoms with Crippen LogP contribution in [0.25, 0.3) is 0 Å². The third-order valence-electron chi connectivity index (χ3n) is 3.84. The molecule has 22 heavy (non-hydrogen) atoms. The minimum atomic E-state index is -0.440. The van der Waals surface area contributed by atoms with Gasteiger partial charge in [-0.25, -0.2) is 0 Å². The van der Waals surface area contributed by atoms with Crippen LogP contribution in [-0.2, 0) is 9.53 Å². The van der Waals surface area contributed by atoms with Crippen LogP contribution in [0.2, 0.25) is 0 Å². The Hall–Kier alpha value is -1.39. The summed E-state index contributed by atoms with van der Waals surface area (Å²) in [5.41, 5.74) is 8.33. The molecule has 0 aliphatic carbocycles. The Morgan fingerprint density at radius 1 is 1.36 bits per heavy atom. The first-order chi connectivity index (χ1) is 10.2. The van der Waals surface area contributed by atoms with Crippen molar-refractivity contribution in [1.29, 1.82) is 0 Å². The fourth-order valence-corrected chi connectivity index (χ4v) is 3.08. The summed E-state index contributed by atoms with van der Waals surface area (Å²) in [7, 11) is 0. The maximum atomic E-state index is 12.0. The molecule has 0 saturated carbocycles. The third-order valence-corrected chi connectivity index (χ3v) is 3.84. The van der Waals surface area contributed by atoms with Crippen molar-refractivity contribution in [2.75, 3.05) is 19.6 Å². The van der Waals surface area contributed by atoms with Crippen molar-refractivity contribution < 1.29 is 9.53 Å². The SMILES string of the molecule is Cc1cccc(C2CC(N)CN(CC(=O)OC(C)(C)C)C2)c1. The Bertz CT molecular complexity index is 522. The summed E-state index contributed by atoms with van der Waals surface area (Å²) in [5, 5.41) is 0. The van der Waals surface area contributed by atoms with Crippen molar-refractivity contribution in [1.82, 2.24) is 4.90 Å². The van der Waals surface area contributed by atoms with Gasteiger partial charge in [-0.1, -0.05) is 29.8 Å². The van der Waals surface area contributed by atoms with Crippen LogP contribution in [0.5, 0.6) is 0 Å². The van der Waals surface area contributed by atoms with Crippen molar-refractivity contribution in [3.8, 4) is 0 Å². The summed E-state index contributed by atoms with van der Waals surface area (Å²) >= 11 is 0. The summed E-state index contributed by atoms with van der Waals surface area (Å²) in [6, 6.07) is 8.66. The molecule has 1 aliphatic heterocycles. The van der Waals surface area contributed by atoms with E-state index in [0.717, 1.165) is 19.5 Å². The van der Waals surface area contributed by atoms with Crippen molar-refractivity contribution in [2.45, 2.75) is 51.7 Å². The highest BCUT2D eigenvalue weighted by atomic mass is 16.6. The van der Waals surface area contributed by atoms with Crippen molar-refractivity contribution >= 4 is 5.97 Å². The minimum Gasteiger partial charge on any atom is -0.459 e. The number of ether oxygens (including phenoxy) is 1. The van der Waals surface area contributed by atoms with Gasteiger partial charge in [0.2, 0.25) is 0 Å². The molecule has 122 valence electrons. The molecule has 0 radical (unpaired) electrons. The van der Waals surface area contributed by atoms with Gasteiger partial charge in [-0.3, -0.25) is 9.69 Å². The van der Waals surface area contributed by atoms with Gasteiger partial charge in [0.15, 0.2) is 0 Å². The lowest BCUT2D eigenvalue weighted by Gasteiger charge is -2.36. The van der Waals surface area contributed by atoms with Crippen LogP contribution in [0.1, 0.15) is 44.2 Å². The number of nitrogens with zero attached hydrogens (tertiary/aromatic N) is 1. The number of rotatable bonds is 3. The summed E-state index contributed by atoms with van der Waals surface area (Å²) < 4.78 is 5.41. The average molecular weight is 304 g/mol. The van der Waals surface area contributed by atoms with Crippen molar-refractivity contribution in [2.24, 2.45) is 5.73 Å². The Morgan fingerprint density at radius 3 is 2.73 bits per heavy atom. The number of aryl methyl sites for hydroxylation is 1. The number of carbonyl (C=O) groups excluding carboxylic acids is 1. The maximum absolute atomic E-state index is 12.0. The normalized spacial score (nSPS) is 23.3. The third kappa shape index (κ3) is 5.11. The summed E-state index contributed by atoms with van der Waals surface area (Å²) in [6.07, 6.45) is 0.967. The topological polar surface area (TPSA) is 55.6 Å². The molecule has 4 heteroatoms. The number of carbonyl (C=O) groups is 1. The molecule has 2 atom stereocenters. The predicted octanol–water partition coefficient (Wildman–Crippen LogP) is 2.45. The lowest BCUT2D eigenvalue weighted by molar-refractivity contribution is -0.156. The van der Waals surface area contributed by atoms with E-state index >= 15 is 0 Å². The van der Waals surface area contributed by atoms with E-state index in [4.69, 9.17) is 10.5 Å². The van der Waals surface area contributed by atoms with E-state index in [1.54, 1.807) is 0 Å². The largest absolute Gasteiger partial charge is 0.459 e. The molecule has 1 saturated heterocycles. The van der Waals surface area contributed by atoms with Crippen LogP contribution in [-0.4, -0.2) is 42.1 Å². The first-order valence-corrected chi connectivity index (χ1v) is 7.99. The molecule has 0 aromatic heterocycles. The van der Waals surface area contributed by atoms with Crippen molar-refractivity contribution in [3.05, 3.63) is 35.4 Å². The molecule has 2 unspecified atom stereocenters. The van der Waals surface area contributed by atoms with Gasteiger partial charge in [-0.15, -0.1) is 0 Å². The van der Waals surface area contributed by atoms with Crippen LogP contribution >= 0.6 is 0 Å². The zero-order chi connectivity index (χ0) is 16.3. The Labute approximate surface area is 133 Å². The zero-order valence-corrected chi connectivity index (χ0v) is 14.1. The molecular weight excluding hydrogens is 276 g/mol. The molecular formula is C18H28N2O2. The molecule has 2 N–H and O–H groups in total. The van der Waals surface area contributed by atoms with Gasteiger partial charge in [0, 0.05) is 19.1 Å². The highest BCUT2D eigenvalue weighted by molar-refractivity contribution is 5.72. The summed E-state index contributed by atoms with van der Waals surface area (Å²) in [6.45, 7) is 9.70. The van der Waals surface area contributed by atoms with Gasteiger partial charge in [0.05, 0.1) is 6.54 Å². The fourth-order valence-electron chi connectivity index (χ4n) is 3.08. The number of likely N-dealkylation sites (tertiary alicyclic amines) is 1. The smallest absolute Gasteiger partial charge is 0.320 e. The first kappa shape index (κ1) is 17.0. The molecule has 1 aromatic rings. The van der Waals surface area contributed by atoms with E-state index in [0.29, 0.717) is 12.5 Å². The molecule has 0 spiro atoms. The molecule has 0 amide bonds. The quantitative estimate of drug-likeness (QED) is 0.872. The predicted molar refractivity (Wildman–Crippen MR) is 88.8 cm³/mol. The average Bonchev–Trinajstić information content (AvgIpc) is 2.35. The summed E-state index contributed by atoms with van der Waals surface area (Å²) in [5.74, 6) is 0.204. The molecule has 1 heterocycles. The molecule has 4 nitrogen and oxygen atoms in total. The number of hydrogen-bond donors (Lipinski definition) is 1. The fraction of sp³-hybridized carbons (Fsp3) is 0.611. The van der Waals surface area contributed by atoms with Gasteiger partial charge >= 0.3 is 5.97 Å². The van der Waals surface area contributed by atoms with E-state index in [2.05, 4.69) is 36.1 Å². The zero-order valence-electron chi connectivity index (χ0n) is 14.1. The molecule has 1 aromatic carbocycles. The number of piperidine rings is 1. The molecule has 1 aliphatic rings. The number of nitrogens with two attached hydrogens (primary N) is 1. The Kier molecular flexibility index (Phi) is 5.24. The van der Waals surface area contributed by atoms with E-state index in [1.165, 1.54) is 11.1 Å². The van der Waals surface area contributed by atoms with Crippen LogP contribution < -0.4 is 5.73 Å². The van der Waals surface area contributed by atoms with Crippen molar-refractivity contribution in [3.63, 3.8) is 0 Å². The second-order valence-electron chi connectivity index (χ2n) is 7.39. The van der Waals surface area contributed by atoms with Gasteiger partial charge in [0.25, 0.3) is 0 Å². The lowest BCUT2D eigenvalue weighted by atomic mass is 9.88. The number of benzene rings is 1. The van der Waals surface area contributed by atoms with Gasteiger partial charge in [0.1, 0.15) is 5.60 Å². The standard InChI is InChI=1S/C18H28N2O2/c1-13-6-5-7-14(8-13)15-9-16(19)11-20(10-15)12-17(21)22-18(2,3)4/h5-8,15-16H,9-12,19H2,1-4H3. The van der Waals surface area contributed by atoms with Crippen LogP contribution in [0.4, 0.5) is 0 Å².